The van der Waals surface area contributed by atoms with Gasteiger partial charge in [0.05, 0.1) is 11.1 Å². The van der Waals surface area contributed by atoms with Gasteiger partial charge in [0.2, 0.25) is 5.91 Å². The third kappa shape index (κ3) is 7.26. The Balaban J connectivity index is 0.000000370. The van der Waals surface area contributed by atoms with E-state index in [1.165, 1.54) is 10.1 Å². The number of aromatic nitrogens is 1. The molecule has 3 heterocycles. The smallest absolute Gasteiger partial charge is 0.328 e. The fourth-order valence-electron chi connectivity index (χ4n) is 4.20. The number of nitrogens with one attached hydrogen (secondary N) is 1. The molecule has 10 nitrogen and oxygen atoms in total. The quantitative estimate of drug-likeness (QED) is 0.399. The van der Waals surface area contributed by atoms with Crippen molar-refractivity contribution >= 4 is 62.6 Å². The number of fused-ring (bicyclic) bond motifs is 2. The Bertz CT molecular complexity index is 1300. The Hall–Kier alpha value is -3.51. The second kappa shape index (κ2) is 12.6. The standard InChI is InChI=1S/C21H21ClN4OS.C4H4O4.H2O/c22-17-13-18-15(12-20(27)23-18)11-14(17)5-6-25-7-9-26(10-8-25)21-16-3-1-2-4-19(16)28-24-21;5-3(6)1-2-4(7)8;/h1-4,11,13H,5-10,12H2,(H,23,27);1-2H,(H,5,6)(H,7,8);1H2. The van der Waals surface area contributed by atoms with Crippen LogP contribution in [0.5, 0.6) is 0 Å². The molecule has 5 N–H and O–H groups in total. The van der Waals surface area contributed by atoms with Crippen molar-refractivity contribution in [2.75, 3.05) is 42.9 Å². The number of anilines is 2. The summed E-state index contributed by atoms with van der Waals surface area (Å²) < 4.78 is 5.94. The van der Waals surface area contributed by atoms with Crippen LogP contribution in [0.25, 0.3) is 10.1 Å². The topological polar surface area (TPSA) is 155 Å². The maximum atomic E-state index is 11.6. The van der Waals surface area contributed by atoms with Crippen LogP contribution in [0.3, 0.4) is 0 Å². The van der Waals surface area contributed by atoms with Crippen molar-refractivity contribution in [2.24, 2.45) is 0 Å². The maximum Gasteiger partial charge on any atom is 0.328 e. The van der Waals surface area contributed by atoms with E-state index in [9.17, 15) is 14.4 Å². The van der Waals surface area contributed by atoms with Crippen molar-refractivity contribution in [3.05, 3.63) is 64.7 Å². The van der Waals surface area contributed by atoms with E-state index in [2.05, 4.69) is 49.8 Å². The van der Waals surface area contributed by atoms with Gasteiger partial charge < -0.3 is 25.9 Å². The molecule has 0 unspecified atom stereocenters. The van der Waals surface area contributed by atoms with E-state index in [-0.39, 0.29) is 11.4 Å². The summed E-state index contributed by atoms with van der Waals surface area (Å²) >= 11 is 8.01. The van der Waals surface area contributed by atoms with Crippen LogP contribution in [0.1, 0.15) is 11.1 Å². The molecular weight excluding hydrogens is 520 g/mol. The van der Waals surface area contributed by atoms with Crippen molar-refractivity contribution in [3.8, 4) is 0 Å². The molecular formula is C25H27ClN4O6S. The number of carboxylic acid groups (broad SMARTS) is 2. The molecule has 3 aromatic rings. The summed E-state index contributed by atoms with van der Waals surface area (Å²) in [6.45, 7) is 5.00. The summed E-state index contributed by atoms with van der Waals surface area (Å²) in [6, 6.07) is 12.4. The number of aliphatic carboxylic acids is 2. The number of amides is 1. The highest BCUT2D eigenvalue weighted by Crippen LogP contribution is 2.31. The number of halogens is 1. The number of hydrogen-bond donors (Lipinski definition) is 3. The molecule has 12 heteroatoms. The number of carboxylic acids is 2. The van der Waals surface area contributed by atoms with Gasteiger partial charge in [0.1, 0.15) is 5.82 Å². The molecule has 1 aromatic heterocycles. The van der Waals surface area contributed by atoms with Crippen LogP contribution >= 0.6 is 23.1 Å². The third-order valence-electron chi connectivity index (χ3n) is 5.99. The van der Waals surface area contributed by atoms with Gasteiger partial charge in [-0.15, -0.1) is 0 Å². The van der Waals surface area contributed by atoms with Crippen LogP contribution in [0.4, 0.5) is 11.5 Å². The molecule has 1 fully saturated rings. The van der Waals surface area contributed by atoms with Gasteiger partial charge in [-0.1, -0.05) is 29.8 Å². The lowest BCUT2D eigenvalue weighted by Gasteiger charge is -2.35. The van der Waals surface area contributed by atoms with E-state index < -0.39 is 11.9 Å². The van der Waals surface area contributed by atoms with E-state index >= 15 is 0 Å². The van der Waals surface area contributed by atoms with Crippen molar-refractivity contribution in [1.29, 1.82) is 0 Å². The van der Waals surface area contributed by atoms with Crippen LogP contribution in [-0.2, 0) is 27.2 Å². The summed E-state index contributed by atoms with van der Waals surface area (Å²) in [6.07, 6.45) is 2.48. The minimum Gasteiger partial charge on any atom is -0.478 e. The Morgan fingerprint density at radius 1 is 1.08 bits per heavy atom. The second-order valence-corrected chi connectivity index (χ2v) is 9.63. The van der Waals surface area contributed by atoms with Gasteiger partial charge >= 0.3 is 11.9 Å². The van der Waals surface area contributed by atoms with E-state index in [0.717, 1.165) is 66.8 Å². The van der Waals surface area contributed by atoms with Gasteiger partial charge in [-0.05, 0) is 47.3 Å². The second-order valence-electron chi connectivity index (χ2n) is 8.42. The van der Waals surface area contributed by atoms with E-state index in [1.54, 1.807) is 11.5 Å². The molecule has 0 aliphatic carbocycles. The van der Waals surface area contributed by atoms with Crippen LogP contribution in [-0.4, -0.2) is 75.5 Å². The Kier molecular flexibility index (Phi) is 9.59. The largest absolute Gasteiger partial charge is 0.478 e. The number of hydrogen-bond acceptors (Lipinski definition) is 7. The molecule has 2 aromatic carbocycles. The number of nitrogens with zero attached hydrogens (tertiary/aromatic N) is 3. The Labute approximate surface area is 222 Å². The lowest BCUT2D eigenvalue weighted by atomic mass is 10.1. The fourth-order valence-corrected chi connectivity index (χ4v) is 5.25. The zero-order valence-corrected chi connectivity index (χ0v) is 21.4. The third-order valence-corrected chi connectivity index (χ3v) is 7.16. The highest BCUT2D eigenvalue weighted by atomic mass is 35.5. The van der Waals surface area contributed by atoms with E-state index in [1.807, 2.05) is 6.07 Å². The first-order valence-electron chi connectivity index (χ1n) is 11.4. The van der Waals surface area contributed by atoms with Gasteiger partial charge in [0, 0.05) is 61.0 Å². The first-order chi connectivity index (χ1) is 17.3. The molecule has 196 valence electrons. The zero-order chi connectivity index (χ0) is 25.7. The van der Waals surface area contributed by atoms with Gasteiger partial charge in [0.15, 0.2) is 0 Å². The highest BCUT2D eigenvalue weighted by molar-refractivity contribution is 7.13. The monoisotopic (exact) mass is 546 g/mol. The highest BCUT2D eigenvalue weighted by Gasteiger charge is 2.22. The van der Waals surface area contributed by atoms with Gasteiger partial charge in [0.25, 0.3) is 0 Å². The van der Waals surface area contributed by atoms with Crippen molar-refractivity contribution in [1.82, 2.24) is 9.27 Å². The molecule has 5 rings (SSSR count). The van der Waals surface area contributed by atoms with Gasteiger partial charge in [-0.3, -0.25) is 9.69 Å². The lowest BCUT2D eigenvalue weighted by Crippen LogP contribution is -2.47. The van der Waals surface area contributed by atoms with Crippen molar-refractivity contribution in [2.45, 2.75) is 12.8 Å². The van der Waals surface area contributed by atoms with Crippen LogP contribution in [0, 0.1) is 0 Å². The summed E-state index contributed by atoms with van der Waals surface area (Å²) in [5.41, 5.74) is 3.05. The van der Waals surface area contributed by atoms with E-state index in [4.69, 9.17) is 21.8 Å². The molecule has 0 spiro atoms. The number of piperazine rings is 1. The van der Waals surface area contributed by atoms with Crippen LogP contribution in [0.15, 0.2) is 48.6 Å². The Morgan fingerprint density at radius 2 is 1.76 bits per heavy atom. The molecule has 0 saturated carbocycles. The average Bonchev–Trinajstić information content (AvgIpc) is 3.44. The summed E-state index contributed by atoms with van der Waals surface area (Å²) in [4.78, 5) is 35.6. The number of carbonyl (C=O) groups excluding carboxylic acids is 1. The summed E-state index contributed by atoms with van der Waals surface area (Å²) in [7, 11) is 0. The van der Waals surface area contributed by atoms with Crippen molar-refractivity contribution < 1.29 is 30.1 Å². The molecule has 0 atom stereocenters. The number of carbonyl (C=O) groups is 3. The first-order valence-corrected chi connectivity index (χ1v) is 12.5. The molecule has 2 aliphatic rings. The van der Waals surface area contributed by atoms with Gasteiger partial charge in [-0.2, -0.15) is 4.37 Å². The summed E-state index contributed by atoms with van der Waals surface area (Å²) in [5, 5.41) is 20.5. The maximum absolute atomic E-state index is 11.6. The number of benzene rings is 2. The minimum absolute atomic E-state index is 0. The molecule has 2 aliphatic heterocycles. The zero-order valence-electron chi connectivity index (χ0n) is 19.8. The molecule has 1 saturated heterocycles. The lowest BCUT2D eigenvalue weighted by molar-refractivity contribution is -0.134. The number of rotatable bonds is 6. The first kappa shape index (κ1) is 28.1. The molecule has 37 heavy (non-hydrogen) atoms. The van der Waals surface area contributed by atoms with Crippen LogP contribution < -0.4 is 10.2 Å². The minimum atomic E-state index is -1.26. The SMILES string of the molecule is O.O=C(O)C=CC(=O)O.O=C1Cc2cc(CCN3CCN(c4nsc5ccccc45)CC3)c(Cl)cc2N1. The van der Waals surface area contributed by atoms with Gasteiger partial charge in [-0.25, -0.2) is 9.59 Å². The predicted octanol–water partition coefficient (Wildman–Crippen LogP) is 2.70. The predicted molar refractivity (Wildman–Crippen MR) is 144 cm³/mol. The molecule has 0 radical (unpaired) electrons. The normalized spacial score (nSPS) is 15.1. The Morgan fingerprint density at radius 3 is 2.43 bits per heavy atom. The van der Waals surface area contributed by atoms with Crippen LogP contribution in [0.2, 0.25) is 5.02 Å². The summed E-state index contributed by atoms with van der Waals surface area (Å²) in [5.74, 6) is -1.34. The van der Waals surface area contributed by atoms with Crippen molar-refractivity contribution in [3.63, 3.8) is 0 Å². The van der Waals surface area contributed by atoms with E-state index in [0.29, 0.717) is 18.6 Å². The average molecular weight is 547 g/mol. The fraction of sp³-hybridized carbons (Fsp3) is 0.280. The molecule has 1 amide bonds. The molecule has 0 bridgehead atoms.